The Kier molecular flexibility index (Phi) is 4.13. The summed E-state index contributed by atoms with van der Waals surface area (Å²) in [6, 6.07) is 6.48. The van der Waals surface area contributed by atoms with Crippen LogP contribution in [0.4, 0.5) is 11.5 Å². The summed E-state index contributed by atoms with van der Waals surface area (Å²) in [6.45, 7) is 2.45. The fraction of sp³-hybridized carbons (Fsp3) is 0.267. The quantitative estimate of drug-likeness (QED) is 0.627. The molecule has 1 fully saturated rings. The number of hydrogen-bond donors (Lipinski definition) is 0. The molecule has 0 bridgehead atoms. The summed E-state index contributed by atoms with van der Waals surface area (Å²) in [4.78, 5) is 34.4. The van der Waals surface area contributed by atoms with E-state index in [1.807, 2.05) is 4.90 Å². The highest BCUT2D eigenvalue weighted by Gasteiger charge is 2.23. The Hall–Kier alpha value is -3.03. The van der Waals surface area contributed by atoms with E-state index in [1.165, 1.54) is 12.3 Å². The van der Waals surface area contributed by atoms with Crippen LogP contribution < -0.4 is 4.90 Å². The number of aromatic nitrogens is 2. The third-order valence-corrected chi connectivity index (χ3v) is 3.76. The second-order valence-electron chi connectivity index (χ2n) is 5.15. The van der Waals surface area contributed by atoms with Gasteiger partial charge in [-0.1, -0.05) is 0 Å². The van der Waals surface area contributed by atoms with E-state index in [0.717, 1.165) is 0 Å². The molecule has 118 valence electrons. The van der Waals surface area contributed by atoms with Crippen LogP contribution in [0.15, 0.2) is 42.9 Å². The van der Waals surface area contributed by atoms with Gasteiger partial charge in [-0.25, -0.2) is 4.98 Å². The number of carbonyl (C=O) groups excluding carboxylic acids is 1. The third-order valence-electron chi connectivity index (χ3n) is 3.76. The number of hydrogen-bond acceptors (Lipinski definition) is 6. The summed E-state index contributed by atoms with van der Waals surface area (Å²) in [7, 11) is 0. The maximum atomic E-state index is 12.4. The van der Waals surface area contributed by atoms with Crippen LogP contribution in [0, 0.1) is 10.1 Å². The van der Waals surface area contributed by atoms with E-state index in [2.05, 4.69) is 9.97 Å². The molecular weight excluding hydrogens is 298 g/mol. The molecule has 0 N–H and O–H groups in total. The molecule has 0 aliphatic carbocycles. The van der Waals surface area contributed by atoms with Gasteiger partial charge in [0.1, 0.15) is 12.0 Å². The Bertz CT molecular complexity index is 697. The Labute approximate surface area is 132 Å². The van der Waals surface area contributed by atoms with E-state index in [9.17, 15) is 14.9 Å². The zero-order valence-electron chi connectivity index (χ0n) is 12.3. The molecule has 0 saturated carbocycles. The van der Waals surface area contributed by atoms with Crippen molar-refractivity contribution in [2.24, 2.45) is 0 Å². The Morgan fingerprint density at radius 2 is 1.78 bits per heavy atom. The highest BCUT2D eigenvalue weighted by molar-refractivity contribution is 5.94. The normalized spacial score (nSPS) is 14.6. The number of carbonyl (C=O) groups is 1. The highest BCUT2D eigenvalue weighted by Crippen LogP contribution is 2.18. The SMILES string of the molecule is O=C(c1ccncc1)N1CCN(c2ccc([N+](=O)[O-])cn2)CC1. The second-order valence-corrected chi connectivity index (χ2v) is 5.15. The van der Waals surface area contributed by atoms with Crippen LogP contribution >= 0.6 is 0 Å². The molecule has 23 heavy (non-hydrogen) atoms. The number of nitro groups is 1. The van der Waals surface area contributed by atoms with Gasteiger partial charge in [0.15, 0.2) is 0 Å². The molecule has 0 radical (unpaired) electrons. The van der Waals surface area contributed by atoms with E-state index >= 15 is 0 Å². The fourth-order valence-electron chi connectivity index (χ4n) is 2.49. The Morgan fingerprint density at radius 1 is 1.09 bits per heavy atom. The van der Waals surface area contributed by atoms with E-state index in [-0.39, 0.29) is 11.6 Å². The number of rotatable bonds is 3. The lowest BCUT2D eigenvalue weighted by atomic mass is 10.2. The number of pyridine rings is 2. The molecular formula is C15H15N5O3. The van der Waals surface area contributed by atoms with Crippen molar-refractivity contribution in [3.05, 3.63) is 58.5 Å². The highest BCUT2D eigenvalue weighted by atomic mass is 16.6. The zero-order valence-corrected chi connectivity index (χ0v) is 12.3. The van der Waals surface area contributed by atoms with Gasteiger partial charge in [0.25, 0.3) is 11.6 Å². The predicted octanol–water partition coefficient (Wildman–Crippen LogP) is 1.35. The number of anilines is 1. The monoisotopic (exact) mass is 313 g/mol. The molecule has 1 amide bonds. The number of nitrogens with zero attached hydrogens (tertiary/aromatic N) is 5. The summed E-state index contributed by atoms with van der Waals surface area (Å²) in [5.41, 5.74) is 0.599. The van der Waals surface area contributed by atoms with Crippen LogP contribution in [0.25, 0.3) is 0 Å². The fourth-order valence-corrected chi connectivity index (χ4v) is 2.49. The van der Waals surface area contributed by atoms with Gasteiger partial charge in [0.2, 0.25) is 0 Å². The Morgan fingerprint density at radius 3 is 2.35 bits per heavy atom. The van der Waals surface area contributed by atoms with Gasteiger partial charge >= 0.3 is 0 Å². The molecule has 1 aliphatic heterocycles. The summed E-state index contributed by atoms with van der Waals surface area (Å²) >= 11 is 0. The lowest BCUT2D eigenvalue weighted by Crippen LogP contribution is -2.49. The summed E-state index contributed by atoms with van der Waals surface area (Å²) in [5.74, 6) is 0.676. The van der Waals surface area contributed by atoms with Gasteiger partial charge in [-0.3, -0.25) is 19.9 Å². The molecule has 0 aromatic carbocycles. The molecule has 3 rings (SSSR count). The van der Waals surface area contributed by atoms with Crippen molar-refractivity contribution in [1.82, 2.24) is 14.9 Å². The van der Waals surface area contributed by atoms with Crippen molar-refractivity contribution >= 4 is 17.4 Å². The van der Waals surface area contributed by atoms with E-state index in [1.54, 1.807) is 35.5 Å². The zero-order chi connectivity index (χ0) is 16.2. The van der Waals surface area contributed by atoms with Crippen molar-refractivity contribution in [3.8, 4) is 0 Å². The van der Waals surface area contributed by atoms with Gasteiger partial charge in [-0.05, 0) is 18.2 Å². The smallest absolute Gasteiger partial charge is 0.287 e. The summed E-state index contributed by atoms with van der Waals surface area (Å²) in [6.07, 6.45) is 4.46. The average Bonchev–Trinajstić information content (AvgIpc) is 2.62. The number of piperazine rings is 1. The van der Waals surface area contributed by atoms with Crippen molar-refractivity contribution in [2.75, 3.05) is 31.1 Å². The molecule has 0 spiro atoms. The topological polar surface area (TPSA) is 92.5 Å². The first-order chi connectivity index (χ1) is 11.1. The Balaban J connectivity index is 1.62. The van der Waals surface area contributed by atoms with Gasteiger partial charge in [-0.2, -0.15) is 0 Å². The van der Waals surface area contributed by atoms with Crippen LogP contribution in [-0.4, -0.2) is 51.9 Å². The van der Waals surface area contributed by atoms with Crippen LogP contribution in [-0.2, 0) is 0 Å². The van der Waals surface area contributed by atoms with Gasteiger partial charge in [0.05, 0.1) is 4.92 Å². The summed E-state index contributed by atoms with van der Waals surface area (Å²) in [5, 5.41) is 10.6. The molecule has 0 unspecified atom stereocenters. The largest absolute Gasteiger partial charge is 0.353 e. The summed E-state index contributed by atoms with van der Waals surface area (Å²) < 4.78 is 0. The lowest BCUT2D eigenvalue weighted by molar-refractivity contribution is -0.385. The second kappa shape index (κ2) is 6.39. The van der Waals surface area contributed by atoms with Crippen molar-refractivity contribution in [1.29, 1.82) is 0 Å². The average molecular weight is 313 g/mol. The first-order valence-corrected chi connectivity index (χ1v) is 7.20. The lowest BCUT2D eigenvalue weighted by Gasteiger charge is -2.35. The van der Waals surface area contributed by atoms with Gasteiger partial charge < -0.3 is 9.80 Å². The molecule has 1 aliphatic rings. The van der Waals surface area contributed by atoms with Crippen LogP contribution in [0.3, 0.4) is 0 Å². The first kappa shape index (κ1) is 14.9. The molecule has 8 heteroatoms. The molecule has 3 heterocycles. The third kappa shape index (κ3) is 3.25. The number of amides is 1. The maximum Gasteiger partial charge on any atom is 0.287 e. The maximum absolute atomic E-state index is 12.4. The first-order valence-electron chi connectivity index (χ1n) is 7.20. The van der Waals surface area contributed by atoms with E-state index < -0.39 is 4.92 Å². The minimum absolute atomic E-state index is 0.0105. The van der Waals surface area contributed by atoms with E-state index in [0.29, 0.717) is 37.6 Å². The van der Waals surface area contributed by atoms with Crippen molar-refractivity contribution in [2.45, 2.75) is 0 Å². The molecule has 2 aromatic heterocycles. The predicted molar refractivity (Wildman–Crippen MR) is 83.2 cm³/mol. The van der Waals surface area contributed by atoms with E-state index in [4.69, 9.17) is 0 Å². The molecule has 0 atom stereocenters. The molecule has 8 nitrogen and oxygen atoms in total. The standard InChI is InChI=1S/C15H15N5O3/c21-15(12-3-5-16-6-4-12)19-9-7-18(8-10-19)14-2-1-13(11-17-14)20(22)23/h1-6,11H,7-10H2. The van der Waals surface area contributed by atoms with Crippen LogP contribution in [0.5, 0.6) is 0 Å². The molecule has 1 saturated heterocycles. The minimum Gasteiger partial charge on any atom is -0.353 e. The molecule has 2 aromatic rings. The van der Waals surface area contributed by atoms with Crippen molar-refractivity contribution in [3.63, 3.8) is 0 Å². The minimum atomic E-state index is -0.470. The van der Waals surface area contributed by atoms with Crippen LogP contribution in [0.2, 0.25) is 0 Å². The van der Waals surface area contributed by atoms with Gasteiger partial charge in [-0.15, -0.1) is 0 Å². The van der Waals surface area contributed by atoms with Crippen molar-refractivity contribution < 1.29 is 9.72 Å². The van der Waals surface area contributed by atoms with Crippen LogP contribution in [0.1, 0.15) is 10.4 Å². The van der Waals surface area contributed by atoms with Gasteiger partial charge in [0, 0.05) is 50.2 Å².